The molecule has 2 saturated heterocycles. The van der Waals surface area contributed by atoms with Crippen LogP contribution in [0.5, 0.6) is 0 Å². The van der Waals surface area contributed by atoms with Gasteiger partial charge in [0.25, 0.3) is 0 Å². The van der Waals surface area contributed by atoms with Crippen molar-refractivity contribution >= 4 is 11.8 Å². The zero-order valence-corrected chi connectivity index (χ0v) is 9.45. The van der Waals surface area contributed by atoms with E-state index in [1.807, 2.05) is 0 Å². The quantitative estimate of drug-likeness (QED) is 0.591. The number of hydrogen-bond acceptors (Lipinski definition) is 3. The molecule has 2 fully saturated rings. The molecule has 0 N–H and O–H groups in total. The van der Waals surface area contributed by atoms with E-state index in [1.165, 1.54) is 4.90 Å². The molecular weight excluding hydrogens is 192 g/mol. The van der Waals surface area contributed by atoms with Gasteiger partial charge in [0.2, 0.25) is 11.8 Å². The van der Waals surface area contributed by atoms with Gasteiger partial charge in [-0.15, -0.1) is 0 Å². The fraction of sp³-hybridized carbons (Fsp3) is 0.818. The first-order chi connectivity index (χ1) is 7.09. The van der Waals surface area contributed by atoms with E-state index in [2.05, 4.69) is 11.8 Å². The van der Waals surface area contributed by atoms with Crippen molar-refractivity contribution in [1.82, 2.24) is 9.80 Å². The van der Waals surface area contributed by atoms with Gasteiger partial charge in [0.05, 0.1) is 5.41 Å². The zero-order chi connectivity index (χ0) is 11.1. The predicted octanol–water partition coefficient (Wildman–Crippen LogP) is 0.477. The predicted molar refractivity (Wildman–Crippen MR) is 56.2 cm³/mol. The molecule has 2 rings (SSSR count). The summed E-state index contributed by atoms with van der Waals surface area (Å²) in [6.07, 6.45) is 2.12. The van der Waals surface area contributed by atoms with Crippen LogP contribution < -0.4 is 0 Å². The van der Waals surface area contributed by atoms with Gasteiger partial charge in [-0.2, -0.15) is 0 Å². The summed E-state index contributed by atoms with van der Waals surface area (Å²) in [5, 5.41) is 0. The van der Waals surface area contributed by atoms with Crippen LogP contribution in [-0.4, -0.2) is 48.3 Å². The van der Waals surface area contributed by atoms with Crippen molar-refractivity contribution in [2.24, 2.45) is 5.41 Å². The van der Waals surface area contributed by atoms with Gasteiger partial charge in [-0.1, -0.05) is 6.92 Å². The lowest BCUT2D eigenvalue weighted by molar-refractivity contribution is -0.141. The molecule has 84 valence electrons. The largest absolute Gasteiger partial charge is 0.304 e. The number of amides is 2. The average Bonchev–Trinajstić information content (AvgIpc) is 2.45. The molecule has 15 heavy (non-hydrogen) atoms. The number of likely N-dealkylation sites (tertiary alicyclic amines) is 2. The monoisotopic (exact) mass is 210 g/mol. The minimum Gasteiger partial charge on any atom is -0.304 e. The number of carbonyl (C=O) groups excluding carboxylic acids is 2. The minimum absolute atomic E-state index is 0.00931. The Labute approximate surface area is 90.2 Å². The molecule has 0 aromatic heterocycles. The van der Waals surface area contributed by atoms with Crippen molar-refractivity contribution in [3.63, 3.8) is 0 Å². The smallest absolute Gasteiger partial charge is 0.235 e. The summed E-state index contributed by atoms with van der Waals surface area (Å²) in [5.74, 6) is 0.0354. The van der Waals surface area contributed by atoms with Gasteiger partial charge < -0.3 is 4.90 Å². The van der Waals surface area contributed by atoms with E-state index in [-0.39, 0.29) is 17.2 Å². The van der Waals surface area contributed by atoms with Gasteiger partial charge in [-0.25, -0.2) is 0 Å². The van der Waals surface area contributed by atoms with Gasteiger partial charge in [-0.05, 0) is 32.5 Å². The third-order valence-corrected chi connectivity index (χ3v) is 3.88. The Hall–Kier alpha value is -0.900. The first-order valence-electron chi connectivity index (χ1n) is 5.62. The highest BCUT2D eigenvalue weighted by molar-refractivity contribution is 6.05. The first kappa shape index (κ1) is 10.6. The van der Waals surface area contributed by atoms with Crippen LogP contribution in [0.3, 0.4) is 0 Å². The highest BCUT2D eigenvalue weighted by Crippen LogP contribution is 2.41. The average molecular weight is 210 g/mol. The van der Waals surface area contributed by atoms with Crippen LogP contribution in [0.2, 0.25) is 0 Å². The van der Waals surface area contributed by atoms with E-state index in [9.17, 15) is 9.59 Å². The Balaban J connectivity index is 2.10. The van der Waals surface area contributed by atoms with Crippen molar-refractivity contribution in [1.29, 1.82) is 0 Å². The molecule has 0 saturated carbocycles. The van der Waals surface area contributed by atoms with Crippen molar-refractivity contribution in [3.05, 3.63) is 0 Å². The van der Waals surface area contributed by atoms with Crippen LogP contribution in [-0.2, 0) is 9.59 Å². The molecule has 0 aromatic carbocycles. The first-order valence-corrected chi connectivity index (χ1v) is 5.62. The number of piperidine rings is 1. The van der Waals surface area contributed by atoms with Crippen molar-refractivity contribution in [2.75, 3.05) is 26.7 Å². The molecule has 4 nitrogen and oxygen atoms in total. The molecule has 0 aliphatic carbocycles. The SMILES string of the molecule is CCN1CCC2(CC1)CC(=O)N(C)C2=O. The lowest BCUT2D eigenvalue weighted by Crippen LogP contribution is -2.43. The Bertz CT molecular complexity index is 293. The molecule has 4 heteroatoms. The van der Waals surface area contributed by atoms with Gasteiger partial charge >= 0.3 is 0 Å². The summed E-state index contributed by atoms with van der Waals surface area (Å²) in [7, 11) is 1.60. The summed E-state index contributed by atoms with van der Waals surface area (Å²) >= 11 is 0. The van der Waals surface area contributed by atoms with Crippen LogP contribution in [0.15, 0.2) is 0 Å². The van der Waals surface area contributed by atoms with E-state index in [0.29, 0.717) is 6.42 Å². The second kappa shape index (κ2) is 3.59. The highest BCUT2D eigenvalue weighted by Gasteiger charge is 2.50. The maximum atomic E-state index is 12.0. The van der Waals surface area contributed by atoms with Crippen molar-refractivity contribution < 1.29 is 9.59 Å². The third kappa shape index (κ3) is 1.57. The summed E-state index contributed by atoms with van der Waals surface area (Å²) in [4.78, 5) is 27.1. The number of imide groups is 1. The minimum atomic E-state index is -0.350. The van der Waals surface area contributed by atoms with Crippen LogP contribution in [0.25, 0.3) is 0 Å². The topological polar surface area (TPSA) is 40.6 Å². The Morgan fingerprint density at radius 3 is 2.27 bits per heavy atom. The van der Waals surface area contributed by atoms with Gasteiger partial charge in [0.15, 0.2) is 0 Å². The Kier molecular flexibility index (Phi) is 2.54. The molecule has 2 aliphatic rings. The second-order valence-corrected chi connectivity index (χ2v) is 4.65. The number of hydrogen-bond donors (Lipinski definition) is 0. The molecular formula is C11H18N2O2. The maximum absolute atomic E-state index is 12.0. The van der Waals surface area contributed by atoms with E-state index >= 15 is 0 Å². The summed E-state index contributed by atoms with van der Waals surface area (Å²) in [5.41, 5.74) is -0.350. The van der Waals surface area contributed by atoms with Crippen LogP contribution in [0.1, 0.15) is 26.2 Å². The van der Waals surface area contributed by atoms with E-state index < -0.39 is 0 Å². The van der Waals surface area contributed by atoms with Crippen molar-refractivity contribution in [2.45, 2.75) is 26.2 Å². The molecule has 1 spiro atoms. The maximum Gasteiger partial charge on any atom is 0.235 e. The third-order valence-electron chi connectivity index (χ3n) is 3.88. The van der Waals surface area contributed by atoms with Crippen LogP contribution in [0.4, 0.5) is 0 Å². The summed E-state index contributed by atoms with van der Waals surface area (Å²) in [6.45, 7) is 5.06. The summed E-state index contributed by atoms with van der Waals surface area (Å²) in [6, 6.07) is 0. The molecule has 0 unspecified atom stereocenters. The normalized spacial score (nSPS) is 26.7. The number of rotatable bonds is 1. The fourth-order valence-corrected chi connectivity index (χ4v) is 2.64. The fourth-order valence-electron chi connectivity index (χ4n) is 2.64. The molecule has 0 atom stereocenters. The van der Waals surface area contributed by atoms with E-state index in [0.717, 1.165) is 32.5 Å². The lowest BCUT2D eigenvalue weighted by atomic mass is 9.77. The zero-order valence-electron chi connectivity index (χ0n) is 9.45. The second-order valence-electron chi connectivity index (χ2n) is 4.65. The van der Waals surface area contributed by atoms with Gasteiger partial charge in [-0.3, -0.25) is 14.5 Å². The molecule has 2 amide bonds. The van der Waals surface area contributed by atoms with Gasteiger partial charge in [0.1, 0.15) is 0 Å². The summed E-state index contributed by atoms with van der Waals surface area (Å²) < 4.78 is 0. The molecule has 2 heterocycles. The highest BCUT2D eigenvalue weighted by atomic mass is 16.2. The van der Waals surface area contributed by atoms with Crippen molar-refractivity contribution in [3.8, 4) is 0 Å². The van der Waals surface area contributed by atoms with Gasteiger partial charge in [0, 0.05) is 13.5 Å². The molecule has 0 aromatic rings. The lowest BCUT2D eigenvalue weighted by Gasteiger charge is -2.36. The molecule has 0 bridgehead atoms. The van der Waals surface area contributed by atoms with E-state index in [1.54, 1.807) is 7.05 Å². The van der Waals surface area contributed by atoms with E-state index in [4.69, 9.17) is 0 Å². The van der Waals surface area contributed by atoms with Crippen LogP contribution >= 0.6 is 0 Å². The molecule has 0 radical (unpaired) electrons. The van der Waals surface area contributed by atoms with Crippen LogP contribution in [0, 0.1) is 5.41 Å². The molecule has 2 aliphatic heterocycles. The Morgan fingerprint density at radius 2 is 1.87 bits per heavy atom. The number of carbonyl (C=O) groups is 2. The standard InChI is InChI=1S/C11H18N2O2/c1-3-13-6-4-11(5-7-13)8-9(14)12(2)10(11)15/h3-8H2,1-2H3. The Morgan fingerprint density at radius 1 is 1.27 bits per heavy atom. The number of nitrogens with zero attached hydrogens (tertiary/aromatic N) is 2.